The predicted octanol–water partition coefficient (Wildman–Crippen LogP) is 4.18. The minimum atomic E-state index is -3.81. The molecule has 0 heterocycles. The summed E-state index contributed by atoms with van der Waals surface area (Å²) in [6.07, 6.45) is 0. The van der Waals surface area contributed by atoms with E-state index in [2.05, 4.69) is 10.0 Å². The zero-order chi connectivity index (χ0) is 20.2. The van der Waals surface area contributed by atoms with Crippen molar-refractivity contribution in [2.45, 2.75) is 39.5 Å². The fraction of sp³-hybridized carbons (Fsp3) is 0.350. The lowest BCUT2D eigenvalue weighted by Crippen LogP contribution is -2.27. The lowest BCUT2D eigenvalue weighted by Gasteiger charge is -2.18. The molecule has 0 unspecified atom stereocenters. The van der Waals surface area contributed by atoms with Gasteiger partial charge in [0.05, 0.1) is 11.5 Å². The van der Waals surface area contributed by atoms with Crippen LogP contribution in [0.15, 0.2) is 47.4 Å². The van der Waals surface area contributed by atoms with E-state index in [1.54, 1.807) is 64.1 Å². The third-order valence-electron chi connectivity index (χ3n) is 3.83. The minimum Gasteiger partial charge on any atom is -0.494 e. The fourth-order valence-corrected chi connectivity index (χ4v) is 3.61. The summed E-state index contributed by atoms with van der Waals surface area (Å²) in [5.74, 6) is 0.484. The van der Waals surface area contributed by atoms with Crippen molar-refractivity contribution in [3.8, 4) is 5.75 Å². The first-order valence-electron chi connectivity index (χ1n) is 8.71. The van der Waals surface area contributed by atoms with Gasteiger partial charge in [-0.2, -0.15) is 0 Å². The Balaban J connectivity index is 2.26. The molecule has 0 aliphatic carbocycles. The highest BCUT2D eigenvalue weighted by molar-refractivity contribution is 7.92. The van der Waals surface area contributed by atoms with E-state index in [-0.39, 0.29) is 10.8 Å². The summed E-state index contributed by atoms with van der Waals surface area (Å²) < 4.78 is 33.5. The number of amides is 1. The van der Waals surface area contributed by atoms with Crippen LogP contribution in [-0.4, -0.2) is 20.9 Å². The zero-order valence-electron chi connectivity index (χ0n) is 16.3. The number of rotatable bonds is 6. The number of anilines is 2. The Hall–Kier alpha value is -2.54. The van der Waals surface area contributed by atoms with Gasteiger partial charge < -0.3 is 10.1 Å². The third-order valence-corrected chi connectivity index (χ3v) is 5.36. The molecule has 2 aromatic rings. The van der Waals surface area contributed by atoms with Crippen molar-refractivity contribution >= 4 is 27.3 Å². The lowest BCUT2D eigenvalue weighted by atomic mass is 9.95. The van der Waals surface area contributed by atoms with E-state index in [9.17, 15) is 13.2 Å². The molecule has 146 valence electrons. The van der Waals surface area contributed by atoms with Crippen LogP contribution >= 0.6 is 0 Å². The molecule has 6 nitrogen and oxygen atoms in total. The molecule has 0 saturated carbocycles. The largest absolute Gasteiger partial charge is 0.494 e. The van der Waals surface area contributed by atoms with Crippen LogP contribution < -0.4 is 14.8 Å². The fourth-order valence-electron chi connectivity index (χ4n) is 2.28. The van der Waals surface area contributed by atoms with Crippen molar-refractivity contribution in [2.75, 3.05) is 16.6 Å². The van der Waals surface area contributed by atoms with Gasteiger partial charge in [0.15, 0.2) is 0 Å². The van der Waals surface area contributed by atoms with E-state index in [4.69, 9.17) is 4.74 Å². The van der Waals surface area contributed by atoms with Crippen LogP contribution in [0.3, 0.4) is 0 Å². The van der Waals surface area contributed by atoms with Crippen LogP contribution in [0.1, 0.15) is 33.3 Å². The Morgan fingerprint density at radius 1 is 1.04 bits per heavy atom. The van der Waals surface area contributed by atoms with Crippen LogP contribution in [0.2, 0.25) is 0 Å². The Morgan fingerprint density at radius 3 is 2.19 bits per heavy atom. The number of sulfonamides is 1. The molecule has 0 aliphatic heterocycles. The maximum Gasteiger partial charge on any atom is 0.262 e. The highest BCUT2D eigenvalue weighted by Crippen LogP contribution is 2.25. The number of hydrogen-bond acceptors (Lipinski definition) is 4. The number of ether oxygens (including phenoxy) is 1. The molecule has 1 amide bonds. The van der Waals surface area contributed by atoms with Crippen LogP contribution in [0.25, 0.3) is 0 Å². The van der Waals surface area contributed by atoms with Gasteiger partial charge in [-0.25, -0.2) is 8.42 Å². The number of aryl methyl sites for hydroxylation is 1. The lowest BCUT2D eigenvalue weighted by molar-refractivity contribution is -0.123. The third kappa shape index (κ3) is 5.47. The van der Waals surface area contributed by atoms with Crippen molar-refractivity contribution in [2.24, 2.45) is 5.41 Å². The molecule has 0 fully saturated rings. The van der Waals surface area contributed by atoms with Crippen LogP contribution in [0.5, 0.6) is 5.75 Å². The predicted molar refractivity (Wildman–Crippen MR) is 108 cm³/mol. The number of carbonyl (C=O) groups excluding carboxylic acids is 1. The number of hydrogen-bond donors (Lipinski definition) is 2. The highest BCUT2D eigenvalue weighted by Gasteiger charge is 2.23. The highest BCUT2D eigenvalue weighted by atomic mass is 32.2. The first-order valence-corrected chi connectivity index (χ1v) is 10.2. The standard InChI is InChI=1S/C20H26N2O4S/c1-6-26-17-11-9-15(10-12-17)22-27(24,25)18-13-16(8-7-14(18)2)21-19(23)20(3,4)5/h7-13,22H,6H2,1-5H3,(H,21,23). The topological polar surface area (TPSA) is 84.5 Å². The van der Waals surface area contributed by atoms with Crippen molar-refractivity contribution in [3.63, 3.8) is 0 Å². The molecule has 0 bridgehead atoms. The Labute approximate surface area is 161 Å². The molecule has 2 rings (SSSR count). The molecule has 0 aliphatic rings. The summed E-state index contributed by atoms with van der Waals surface area (Å²) in [6.45, 7) is 9.51. The summed E-state index contributed by atoms with van der Waals surface area (Å²) >= 11 is 0. The van der Waals surface area contributed by atoms with Gasteiger partial charge in [0.1, 0.15) is 5.75 Å². The smallest absolute Gasteiger partial charge is 0.262 e. The van der Waals surface area contributed by atoms with E-state index in [0.29, 0.717) is 29.3 Å². The van der Waals surface area contributed by atoms with Crippen molar-refractivity contribution in [1.82, 2.24) is 0 Å². The second-order valence-electron chi connectivity index (χ2n) is 7.25. The van der Waals surface area contributed by atoms with Gasteiger partial charge >= 0.3 is 0 Å². The summed E-state index contributed by atoms with van der Waals surface area (Å²) in [7, 11) is -3.81. The number of carbonyl (C=O) groups is 1. The van der Waals surface area contributed by atoms with Crippen molar-refractivity contribution in [3.05, 3.63) is 48.0 Å². The molecule has 7 heteroatoms. The first-order chi connectivity index (χ1) is 12.5. The molecule has 0 atom stereocenters. The van der Waals surface area contributed by atoms with E-state index < -0.39 is 15.4 Å². The SMILES string of the molecule is CCOc1ccc(NS(=O)(=O)c2cc(NC(=O)C(C)(C)C)ccc2C)cc1. The minimum absolute atomic E-state index is 0.114. The molecule has 0 saturated heterocycles. The molecule has 0 aromatic heterocycles. The van der Waals surface area contributed by atoms with Gasteiger partial charge in [-0.15, -0.1) is 0 Å². The second kappa shape index (κ2) is 8.00. The van der Waals surface area contributed by atoms with Gasteiger partial charge in [0.25, 0.3) is 10.0 Å². The monoisotopic (exact) mass is 390 g/mol. The number of benzene rings is 2. The summed E-state index contributed by atoms with van der Waals surface area (Å²) in [6, 6.07) is 11.5. The van der Waals surface area contributed by atoms with Gasteiger partial charge in [0.2, 0.25) is 5.91 Å². The zero-order valence-corrected chi connectivity index (χ0v) is 17.1. The van der Waals surface area contributed by atoms with Crippen LogP contribution in [-0.2, 0) is 14.8 Å². The average molecular weight is 391 g/mol. The quantitative estimate of drug-likeness (QED) is 0.775. The molecule has 0 spiro atoms. The number of nitrogens with one attached hydrogen (secondary N) is 2. The average Bonchev–Trinajstić information content (AvgIpc) is 2.57. The maximum absolute atomic E-state index is 12.8. The maximum atomic E-state index is 12.8. The summed E-state index contributed by atoms with van der Waals surface area (Å²) in [5.41, 5.74) is 0.876. The van der Waals surface area contributed by atoms with Gasteiger partial charge in [-0.05, 0) is 55.8 Å². The molecule has 2 N–H and O–H groups in total. The summed E-state index contributed by atoms with van der Waals surface area (Å²) in [5, 5.41) is 2.76. The second-order valence-corrected chi connectivity index (χ2v) is 8.90. The Kier molecular flexibility index (Phi) is 6.15. The van der Waals surface area contributed by atoms with Crippen molar-refractivity contribution < 1.29 is 17.9 Å². The van der Waals surface area contributed by atoms with Gasteiger partial charge in [-0.3, -0.25) is 9.52 Å². The molecule has 2 aromatic carbocycles. The van der Waals surface area contributed by atoms with E-state index in [1.165, 1.54) is 6.07 Å². The summed E-state index contributed by atoms with van der Waals surface area (Å²) in [4.78, 5) is 12.3. The first kappa shape index (κ1) is 20.8. The van der Waals surface area contributed by atoms with Gasteiger partial charge in [0, 0.05) is 16.8 Å². The Bertz CT molecular complexity index is 914. The molecule has 27 heavy (non-hydrogen) atoms. The van der Waals surface area contributed by atoms with Crippen LogP contribution in [0, 0.1) is 12.3 Å². The van der Waals surface area contributed by atoms with E-state index in [1.807, 2.05) is 6.92 Å². The molecular formula is C20H26N2O4S. The van der Waals surface area contributed by atoms with Gasteiger partial charge in [-0.1, -0.05) is 26.8 Å². The molecule has 0 radical (unpaired) electrons. The normalized spacial score (nSPS) is 11.7. The van der Waals surface area contributed by atoms with Crippen molar-refractivity contribution in [1.29, 1.82) is 0 Å². The van der Waals surface area contributed by atoms with E-state index in [0.717, 1.165) is 0 Å². The van der Waals surface area contributed by atoms with Crippen LogP contribution in [0.4, 0.5) is 11.4 Å². The Morgan fingerprint density at radius 2 is 1.63 bits per heavy atom. The molecular weight excluding hydrogens is 364 g/mol. The van der Waals surface area contributed by atoms with E-state index >= 15 is 0 Å².